The molecule has 2 aromatic carbocycles. The second-order valence-electron chi connectivity index (χ2n) is 12.2. The van der Waals surface area contributed by atoms with Crippen LogP contribution < -0.4 is 15.8 Å². The van der Waals surface area contributed by atoms with E-state index in [0.717, 1.165) is 77.4 Å². The minimum absolute atomic E-state index is 0.277. The molecule has 46 heavy (non-hydrogen) atoms. The Morgan fingerprint density at radius 3 is 2.46 bits per heavy atom. The summed E-state index contributed by atoms with van der Waals surface area (Å²) in [5, 5.41) is 13.0. The Morgan fingerprint density at radius 2 is 1.78 bits per heavy atom. The summed E-state index contributed by atoms with van der Waals surface area (Å²) in [5.74, 6) is 1.14. The molecule has 0 bridgehead atoms. The molecule has 2 aliphatic rings. The smallest absolute Gasteiger partial charge is 0.274 e. The summed E-state index contributed by atoms with van der Waals surface area (Å²) in [6.45, 7) is 9.19. The molecule has 244 valence electrons. The highest BCUT2D eigenvalue weighted by atomic mass is 16.5. The number of nitrogens with two attached hydrogens (primary N) is 1. The number of aromatic nitrogens is 1. The van der Waals surface area contributed by atoms with E-state index in [4.69, 9.17) is 15.2 Å². The van der Waals surface area contributed by atoms with Gasteiger partial charge in [0.25, 0.3) is 5.91 Å². The fourth-order valence-electron chi connectivity index (χ4n) is 6.48. The molecule has 0 radical (unpaired) electrons. The molecule has 4 N–H and O–H groups in total. The van der Waals surface area contributed by atoms with Crippen molar-refractivity contribution >= 4 is 11.6 Å². The zero-order valence-corrected chi connectivity index (χ0v) is 27.5. The van der Waals surface area contributed by atoms with Crippen LogP contribution in [0.2, 0.25) is 0 Å². The number of rotatable bonds is 12. The molecule has 2 fully saturated rings. The molecule has 0 aliphatic carbocycles. The first-order valence-corrected chi connectivity index (χ1v) is 16.1. The van der Waals surface area contributed by atoms with Gasteiger partial charge in [-0.25, -0.2) is 0 Å². The Morgan fingerprint density at radius 1 is 1.04 bits per heavy atom. The monoisotopic (exact) mass is 625 g/mol. The van der Waals surface area contributed by atoms with Crippen molar-refractivity contribution in [1.82, 2.24) is 14.8 Å². The Balaban J connectivity index is 1.32. The van der Waals surface area contributed by atoms with Crippen molar-refractivity contribution in [1.29, 1.82) is 0 Å². The first-order valence-electron chi connectivity index (χ1n) is 16.1. The summed E-state index contributed by atoms with van der Waals surface area (Å²) in [6, 6.07) is 14.0. The summed E-state index contributed by atoms with van der Waals surface area (Å²) in [5.41, 5.74) is 14.4. The topological polar surface area (TPSA) is 113 Å². The SMILES string of the molecule is COC(=C/Cc1cccc(-c2cccc(NC(=O)c3cc(OC)c(CN4CCCC4)cn3)c2C)c1C)/C(=C\N)CN1CC[C@@H](O)C1. The zero-order chi connectivity index (χ0) is 32.6. The van der Waals surface area contributed by atoms with Crippen LogP contribution in [-0.4, -0.2) is 78.8 Å². The molecule has 0 saturated carbocycles. The van der Waals surface area contributed by atoms with Crippen molar-refractivity contribution in [3.05, 3.63) is 100 Å². The average Bonchev–Trinajstić information content (AvgIpc) is 3.74. The number of benzene rings is 2. The number of pyridine rings is 1. The number of hydrogen-bond donors (Lipinski definition) is 3. The number of amides is 1. The Hall–Kier alpha value is -4.18. The lowest BCUT2D eigenvalue weighted by molar-refractivity contribution is 0.102. The van der Waals surface area contributed by atoms with Gasteiger partial charge in [-0.15, -0.1) is 0 Å². The molecular weight excluding hydrogens is 578 g/mol. The van der Waals surface area contributed by atoms with Gasteiger partial charge in [0.05, 0.1) is 20.3 Å². The molecule has 3 heterocycles. The number of likely N-dealkylation sites (tertiary alicyclic amines) is 2. The number of aliphatic hydroxyl groups excluding tert-OH is 1. The second-order valence-corrected chi connectivity index (χ2v) is 12.2. The van der Waals surface area contributed by atoms with Crippen LogP contribution in [-0.2, 0) is 17.7 Å². The van der Waals surface area contributed by atoms with Crippen LogP contribution >= 0.6 is 0 Å². The molecule has 0 unspecified atom stereocenters. The van der Waals surface area contributed by atoms with Gasteiger partial charge in [0.15, 0.2) is 0 Å². The molecule has 2 saturated heterocycles. The normalized spacial score (nSPS) is 17.8. The third kappa shape index (κ3) is 7.78. The first-order chi connectivity index (χ1) is 22.3. The first kappa shape index (κ1) is 33.2. The van der Waals surface area contributed by atoms with Crippen molar-refractivity contribution in [2.24, 2.45) is 5.73 Å². The maximum atomic E-state index is 13.4. The largest absolute Gasteiger partial charge is 0.497 e. The molecule has 3 aromatic rings. The number of methoxy groups -OCH3 is 2. The molecule has 5 rings (SSSR count). The fourth-order valence-corrected chi connectivity index (χ4v) is 6.48. The van der Waals surface area contributed by atoms with Gasteiger partial charge >= 0.3 is 0 Å². The number of carbonyl (C=O) groups is 1. The number of allylic oxidation sites excluding steroid dienone is 1. The Labute approximate surface area is 272 Å². The Bertz CT molecular complexity index is 1590. The van der Waals surface area contributed by atoms with Crippen LogP contribution in [0.25, 0.3) is 11.1 Å². The quantitative estimate of drug-likeness (QED) is 0.186. The zero-order valence-electron chi connectivity index (χ0n) is 27.5. The lowest BCUT2D eigenvalue weighted by atomic mass is 9.91. The standard InChI is InChI=1S/C37H47N5O4/c1-25-27(13-14-35(45-3)28(20-38)22-42-18-15-30(43)24-42)9-7-10-31(25)32-11-8-12-33(26(32)2)40-37(44)34-19-36(46-4)29(21-39-34)23-41-16-5-6-17-41/h7-12,14,19-21,30,43H,5-6,13,15-18,22-24,38H2,1-4H3,(H,40,44)/b28-20-,35-14+/t30-/m1/s1. The van der Waals surface area contributed by atoms with E-state index >= 15 is 0 Å². The Kier molecular flexibility index (Phi) is 11.1. The summed E-state index contributed by atoms with van der Waals surface area (Å²) in [6.07, 6.45) is 9.01. The fraction of sp³-hybridized carbons (Fsp3) is 0.405. The van der Waals surface area contributed by atoms with E-state index in [1.807, 2.05) is 19.1 Å². The molecule has 9 heteroatoms. The molecule has 0 spiro atoms. The van der Waals surface area contributed by atoms with Crippen LogP contribution in [0.4, 0.5) is 5.69 Å². The minimum atomic E-state index is -0.286. The predicted molar refractivity (Wildman–Crippen MR) is 183 cm³/mol. The maximum absolute atomic E-state index is 13.4. The molecule has 1 atom stereocenters. The van der Waals surface area contributed by atoms with Gasteiger partial charge in [0.2, 0.25) is 0 Å². The number of β-amino-alcohol motifs (C(OH)–C–C–N with tert-alkyl or cyclic N) is 1. The third-order valence-corrected chi connectivity index (χ3v) is 9.19. The van der Waals surface area contributed by atoms with Crippen LogP contribution in [0, 0.1) is 13.8 Å². The number of ether oxygens (including phenoxy) is 2. The number of nitrogens with zero attached hydrogens (tertiary/aromatic N) is 3. The summed E-state index contributed by atoms with van der Waals surface area (Å²) in [4.78, 5) is 22.4. The van der Waals surface area contributed by atoms with Crippen LogP contribution in [0.3, 0.4) is 0 Å². The number of carbonyl (C=O) groups excluding carboxylic acids is 1. The van der Waals surface area contributed by atoms with Crippen molar-refractivity contribution in [3.8, 4) is 16.9 Å². The van der Waals surface area contributed by atoms with Gasteiger partial charge in [-0.2, -0.15) is 0 Å². The molecular formula is C37H47N5O4. The molecule has 1 aromatic heterocycles. The highest BCUT2D eigenvalue weighted by Crippen LogP contribution is 2.33. The lowest BCUT2D eigenvalue weighted by Crippen LogP contribution is -2.25. The van der Waals surface area contributed by atoms with Gasteiger partial charge in [0.1, 0.15) is 17.2 Å². The van der Waals surface area contributed by atoms with Gasteiger partial charge in [-0.3, -0.25) is 19.6 Å². The van der Waals surface area contributed by atoms with Crippen molar-refractivity contribution in [2.75, 3.05) is 52.3 Å². The van der Waals surface area contributed by atoms with Crippen molar-refractivity contribution in [3.63, 3.8) is 0 Å². The van der Waals surface area contributed by atoms with Crippen LogP contribution in [0.5, 0.6) is 5.75 Å². The van der Waals surface area contributed by atoms with Gasteiger partial charge < -0.3 is 25.6 Å². The predicted octanol–water partition coefficient (Wildman–Crippen LogP) is 5.20. The van der Waals surface area contributed by atoms with E-state index in [9.17, 15) is 9.90 Å². The minimum Gasteiger partial charge on any atom is -0.497 e. The summed E-state index contributed by atoms with van der Waals surface area (Å²) in [7, 11) is 3.30. The molecule has 9 nitrogen and oxygen atoms in total. The number of aliphatic hydroxyl groups is 1. The lowest BCUT2D eigenvalue weighted by Gasteiger charge is -2.19. The second kappa shape index (κ2) is 15.4. The van der Waals surface area contributed by atoms with E-state index in [1.165, 1.54) is 18.4 Å². The number of nitrogens with one attached hydrogen (secondary N) is 1. The highest BCUT2D eigenvalue weighted by Gasteiger charge is 2.22. The van der Waals surface area contributed by atoms with Gasteiger partial charge in [-0.05, 0) is 92.6 Å². The van der Waals surface area contributed by atoms with Crippen LogP contribution in [0.15, 0.2) is 72.3 Å². The van der Waals surface area contributed by atoms with Crippen molar-refractivity contribution < 1.29 is 19.4 Å². The summed E-state index contributed by atoms with van der Waals surface area (Å²) < 4.78 is 11.4. The van der Waals surface area contributed by atoms with E-state index in [1.54, 1.807) is 32.7 Å². The third-order valence-electron chi connectivity index (χ3n) is 9.19. The van der Waals surface area contributed by atoms with E-state index in [2.05, 4.69) is 57.4 Å². The maximum Gasteiger partial charge on any atom is 0.274 e. The highest BCUT2D eigenvalue weighted by molar-refractivity contribution is 6.04. The van der Waals surface area contributed by atoms with Crippen molar-refractivity contribution in [2.45, 2.75) is 52.2 Å². The van der Waals surface area contributed by atoms with Crippen LogP contribution in [0.1, 0.15) is 52.0 Å². The molecule has 1 amide bonds. The molecule has 2 aliphatic heterocycles. The van der Waals surface area contributed by atoms with E-state index in [0.29, 0.717) is 31.0 Å². The van der Waals surface area contributed by atoms with Gasteiger partial charge in [0, 0.05) is 61.5 Å². The number of anilines is 1. The van der Waals surface area contributed by atoms with E-state index < -0.39 is 0 Å². The van der Waals surface area contributed by atoms with E-state index in [-0.39, 0.29) is 12.0 Å². The van der Waals surface area contributed by atoms with Gasteiger partial charge in [-0.1, -0.05) is 30.3 Å². The summed E-state index contributed by atoms with van der Waals surface area (Å²) >= 11 is 0. The number of hydrogen-bond acceptors (Lipinski definition) is 8. The average molecular weight is 626 g/mol.